The van der Waals surface area contributed by atoms with Crippen molar-refractivity contribution in [2.24, 2.45) is 7.05 Å². The van der Waals surface area contributed by atoms with Crippen LogP contribution in [0.15, 0.2) is 65.1 Å². The second kappa shape index (κ2) is 10.7. The summed E-state index contributed by atoms with van der Waals surface area (Å²) in [5.74, 6) is -2.76. The van der Waals surface area contributed by atoms with Crippen molar-refractivity contribution in [1.29, 1.82) is 0 Å². The van der Waals surface area contributed by atoms with Crippen LogP contribution in [-0.2, 0) is 32.9 Å². The van der Waals surface area contributed by atoms with Gasteiger partial charge in [0.1, 0.15) is 0 Å². The van der Waals surface area contributed by atoms with Gasteiger partial charge in [0.05, 0.1) is 10.5 Å². The van der Waals surface area contributed by atoms with Gasteiger partial charge in [0.15, 0.2) is 0 Å². The van der Waals surface area contributed by atoms with Crippen LogP contribution in [0.2, 0.25) is 0 Å². The SMILES string of the molecule is Cn1cc(-c2ccc(C(F)(F)F)cc2C2=CCNCC2)c2ccc(S(=O)(=O)N(OC(=O)C(F)(F)F)c3nccs3)cc21. The molecule has 1 N–H and O–H groups in total. The van der Waals surface area contributed by atoms with Crippen LogP contribution in [0.1, 0.15) is 17.5 Å². The standard InChI is InChI=1S/C26H20F6N4O4S2/c1-35-14-21(18-4-2-16(25(27,28)29)12-20(18)15-6-8-33-9-7-15)19-5-3-17(13-22(19)35)42(38,39)36(24-34-10-11-41-24)40-23(37)26(30,31)32/h2-6,10-14,33H,7-9H2,1H3. The Hall–Kier alpha value is -3.89. The highest BCUT2D eigenvalue weighted by atomic mass is 32.2. The number of aryl methyl sites for hydroxylation is 1. The van der Waals surface area contributed by atoms with Gasteiger partial charge in [-0.15, -0.1) is 11.3 Å². The van der Waals surface area contributed by atoms with Crippen LogP contribution in [0.3, 0.4) is 0 Å². The number of fused-ring (bicyclic) bond motifs is 1. The molecular formula is C26H20F6N4O4S2. The quantitative estimate of drug-likeness (QED) is 0.210. The summed E-state index contributed by atoms with van der Waals surface area (Å²) in [5.41, 5.74) is 1.59. The molecule has 0 bridgehead atoms. The van der Waals surface area contributed by atoms with Gasteiger partial charge in [-0.3, -0.25) is 0 Å². The van der Waals surface area contributed by atoms with Crippen LogP contribution in [0.4, 0.5) is 31.5 Å². The maximum Gasteiger partial charge on any atom is 0.493 e. The second-order valence-corrected chi connectivity index (χ2v) is 11.8. The number of benzene rings is 2. The van der Waals surface area contributed by atoms with E-state index in [9.17, 15) is 39.6 Å². The van der Waals surface area contributed by atoms with Gasteiger partial charge < -0.3 is 14.7 Å². The van der Waals surface area contributed by atoms with Gasteiger partial charge in [-0.25, -0.2) is 9.78 Å². The molecule has 0 unspecified atom stereocenters. The van der Waals surface area contributed by atoms with Crippen molar-refractivity contribution < 1.29 is 44.4 Å². The van der Waals surface area contributed by atoms with Crippen LogP contribution >= 0.6 is 11.3 Å². The van der Waals surface area contributed by atoms with Crippen molar-refractivity contribution in [2.75, 3.05) is 17.6 Å². The predicted molar refractivity (Wildman–Crippen MR) is 143 cm³/mol. The maximum absolute atomic E-state index is 13.6. The Morgan fingerprint density at radius 1 is 1.07 bits per heavy atom. The molecule has 8 nitrogen and oxygen atoms in total. The Morgan fingerprint density at radius 3 is 2.45 bits per heavy atom. The molecule has 5 rings (SSSR count). The van der Waals surface area contributed by atoms with Crippen molar-refractivity contribution in [3.8, 4) is 11.1 Å². The predicted octanol–water partition coefficient (Wildman–Crippen LogP) is 5.91. The Labute approximate surface area is 238 Å². The largest absolute Gasteiger partial charge is 0.493 e. The average Bonchev–Trinajstić information content (AvgIpc) is 3.58. The minimum Gasteiger partial charge on any atom is -0.350 e. The molecule has 0 atom stereocenters. The van der Waals surface area contributed by atoms with Crippen LogP contribution in [-0.4, -0.2) is 43.2 Å². The van der Waals surface area contributed by atoms with E-state index in [4.69, 9.17) is 0 Å². The van der Waals surface area contributed by atoms with Gasteiger partial charge in [-0.1, -0.05) is 22.7 Å². The van der Waals surface area contributed by atoms with Gasteiger partial charge in [0, 0.05) is 47.8 Å². The zero-order valence-corrected chi connectivity index (χ0v) is 23.1. The molecule has 0 aliphatic carbocycles. The van der Waals surface area contributed by atoms with Gasteiger partial charge in [-0.2, -0.15) is 34.8 Å². The Bertz CT molecular complexity index is 1800. The van der Waals surface area contributed by atoms with E-state index < -0.39 is 43.9 Å². The lowest BCUT2D eigenvalue weighted by atomic mass is 9.90. The van der Waals surface area contributed by atoms with E-state index in [1.54, 1.807) is 13.2 Å². The van der Waals surface area contributed by atoms with Crippen molar-refractivity contribution in [1.82, 2.24) is 14.9 Å². The van der Waals surface area contributed by atoms with E-state index >= 15 is 0 Å². The summed E-state index contributed by atoms with van der Waals surface area (Å²) in [6, 6.07) is 7.09. The molecule has 222 valence electrons. The second-order valence-electron chi connectivity index (χ2n) is 9.20. The number of nitrogens with one attached hydrogen (secondary N) is 1. The molecule has 16 heteroatoms. The zero-order chi connectivity index (χ0) is 30.4. The van der Waals surface area contributed by atoms with E-state index in [1.807, 2.05) is 6.08 Å². The summed E-state index contributed by atoms with van der Waals surface area (Å²) in [6.07, 6.45) is -5.00. The molecule has 0 fully saturated rings. The number of carbonyl (C=O) groups is 1. The van der Waals surface area contributed by atoms with Gasteiger partial charge in [0.25, 0.3) is 10.0 Å². The number of thiazole rings is 1. The molecule has 0 amide bonds. The number of rotatable bonds is 6. The first-order valence-corrected chi connectivity index (χ1v) is 14.4. The van der Waals surface area contributed by atoms with E-state index in [0.29, 0.717) is 58.4 Å². The molecule has 0 radical (unpaired) electrons. The third-order valence-corrected chi connectivity index (χ3v) is 8.89. The van der Waals surface area contributed by atoms with Crippen molar-refractivity contribution in [2.45, 2.75) is 23.7 Å². The summed E-state index contributed by atoms with van der Waals surface area (Å²) in [7, 11) is -3.33. The van der Waals surface area contributed by atoms with Crippen molar-refractivity contribution >= 4 is 48.9 Å². The van der Waals surface area contributed by atoms with Crippen molar-refractivity contribution in [3.05, 3.63) is 71.4 Å². The smallest absolute Gasteiger partial charge is 0.350 e. The first-order chi connectivity index (χ1) is 19.7. The minimum absolute atomic E-state index is 0.184. The van der Waals surface area contributed by atoms with E-state index in [1.165, 1.54) is 28.1 Å². The normalized spacial score (nSPS) is 14.6. The highest BCUT2D eigenvalue weighted by Crippen LogP contribution is 2.41. The van der Waals surface area contributed by atoms with Crippen molar-refractivity contribution in [3.63, 3.8) is 0 Å². The summed E-state index contributed by atoms with van der Waals surface area (Å²) in [6.45, 7) is 1.06. The number of aromatic nitrogens is 2. The fraction of sp³-hybridized carbons (Fsp3) is 0.231. The molecule has 2 aromatic carbocycles. The number of sulfonamides is 1. The average molecular weight is 631 g/mol. The first kappa shape index (κ1) is 29.6. The number of hydrogen-bond donors (Lipinski definition) is 1. The number of nitrogens with zero attached hydrogens (tertiary/aromatic N) is 3. The Kier molecular flexibility index (Phi) is 7.57. The van der Waals surface area contributed by atoms with Crippen LogP contribution < -0.4 is 9.79 Å². The van der Waals surface area contributed by atoms with E-state index in [0.717, 1.165) is 30.0 Å². The fourth-order valence-corrected chi connectivity index (χ4v) is 6.57. The summed E-state index contributed by atoms with van der Waals surface area (Å²) in [5, 5.41) is 4.34. The van der Waals surface area contributed by atoms with Crippen LogP contribution in [0.25, 0.3) is 27.6 Å². The zero-order valence-electron chi connectivity index (χ0n) is 21.5. The van der Waals surface area contributed by atoms with E-state index in [-0.39, 0.29) is 4.47 Å². The topological polar surface area (TPSA) is 93.5 Å². The molecule has 4 aromatic rings. The molecular weight excluding hydrogens is 610 g/mol. The summed E-state index contributed by atoms with van der Waals surface area (Å²) in [4.78, 5) is 19.0. The lowest BCUT2D eigenvalue weighted by molar-refractivity contribution is -0.199. The number of carbonyl (C=O) groups excluding carboxylic acids is 1. The lowest BCUT2D eigenvalue weighted by Crippen LogP contribution is -2.38. The maximum atomic E-state index is 13.6. The molecule has 1 aliphatic rings. The Balaban J connectivity index is 1.62. The molecule has 2 aromatic heterocycles. The third kappa shape index (κ3) is 5.61. The molecule has 0 saturated carbocycles. The fourth-order valence-electron chi connectivity index (χ4n) is 4.55. The molecule has 1 aliphatic heterocycles. The van der Waals surface area contributed by atoms with E-state index in [2.05, 4.69) is 15.1 Å². The molecule has 0 spiro atoms. The summed E-state index contributed by atoms with van der Waals surface area (Å²) < 4.78 is 108. The van der Waals surface area contributed by atoms with Crippen LogP contribution in [0, 0.1) is 0 Å². The van der Waals surface area contributed by atoms with Gasteiger partial charge >= 0.3 is 18.3 Å². The van der Waals surface area contributed by atoms with Crippen LogP contribution in [0.5, 0.6) is 0 Å². The number of hydrogen-bond acceptors (Lipinski definition) is 7. The highest BCUT2D eigenvalue weighted by molar-refractivity contribution is 7.92. The van der Waals surface area contributed by atoms with Gasteiger partial charge in [0.2, 0.25) is 5.13 Å². The molecule has 42 heavy (non-hydrogen) atoms. The monoisotopic (exact) mass is 630 g/mol. The number of halogens is 6. The highest BCUT2D eigenvalue weighted by Gasteiger charge is 2.45. The lowest BCUT2D eigenvalue weighted by Gasteiger charge is -2.20. The minimum atomic E-state index is -5.48. The molecule has 0 saturated heterocycles. The molecule has 3 heterocycles. The first-order valence-electron chi connectivity index (χ1n) is 12.1. The Morgan fingerprint density at radius 2 is 1.83 bits per heavy atom. The summed E-state index contributed by atoms with van der Waals surface area (Å²) >= 11 is 0.627. The number of alkyl halides is 6. The third-order valence-electron chi connectivity index (χ3n) is 6.50. The van der Waals surface area contributed by atoms with Gasteiger partial charge in [-0.05, 0) is 53.9 Å². The number of anilines is 1.